The summed E-state index contributed by atoms with van der Waals surface area (Å²) in [5, 5.41) is 4.11. The molecule has 0 fully saturated rings. The van der Waals surface area contributed by atoms with Gasteiger partial charge in [0.05, 0.1) is 0 Å². The van der Waals surface area contributed by atoms with Gasteiger partial charge in [0, 0.05) is 6.54 Å². The van der Waals surface area contributed by atoms with E-state index in [4.69, 9.17) is 11.6 Å². The molecule has 4 nitrogen and oxygen atoms in total. The lowest BCUT2D eigenvalue weighted by atomic mass is 10.1. The van der Waals surface area contributed by atoms with Gasteiger partial charge in [-0.15, -0.1) is 11.6 Å². The predicted molar refractivity (Wildman–Crippen MR) is 70.2 cm³/mol. The lowest BCUT2D eigenvalue weighted by Crippen LogP contribution is -2.42. The van der Waals surface area contributed by atoms with Gasteiger partial charge >= 0.3 is 6.03 Å². The molecule has 0 spiro atoms. The van der Waals surface area contributed by atoms with Crippen molar-refractivity contribution in [1.29, 1.82) is 0 Å². The summed E-state index contributed by atoms with van der Waals surface area (Å²) >= 11 is 5.51. The topological polar surface area (TPSA) is 58.2 Å². The first-order valence-corrected chi connectivity index (χ1v) is 6.74. The third-order valence-corrected chi connectivity index (χ3v) is 2.61. The third-order valence-electron chi connectivity index (χ3n) is 2.41. The highest BCUT2D eigenvalue weighted by Crippen LogP contribution is 2.03. The number of amides is 3. The number of carbonyl (C=O) groups is 2. The zero-order valence-corrected chi connectivity index (χ0v) is 11.5. The molecule has 2 N–H and O–H groups in total. The Morgan fingerprint density at radius 1 is 1.12 bits per heavy atom. The van der Waals surface area contributed by atoms with Crippen LogP contribution < -0.4 is 10.6 Å². The number of hydrogen-bond donors (Lipinski definition) is 2. The van der Waals surface area contributed by atoms with Crippen LogP contribution in [0.4, 0.5) is 4.79 Å². The average Bonchev–Trinajstić information content (AvgIpc) is 2.27. The molecule has 0 saturated heterocycles. The molecule has 0 aliphatic carbocycles. The largest absolute Gasteiger partial charge is 0.338 e. The van der Waals surface area contributed by atoms with Crippen molar-refractivity contribution in [2.24, 2.45) is 0 Å². The Balaban J connectivity index is 3.36. The number of imide groups is 1. The Morgan fingerprint density at radius 2 is 1.71 bits per heavy atom. The summed E-state index contributed by atoms with van der Waals surface area (Å²) < 4.78 is 0. The molecule has 0 aliphatic rings. The maximum Gasteiger partial charge on any atom is 0.321 e. The van der Waals surface area contributed by atoms with Gasteiger partial charge in [0.1, 0.15) is 5.38 Å². The van der Waals surface area contributed by atoms with Crippen LogP contribution in [-0.4, -0.2) is 23.9 Å². The second-order valence-corrected chi connectivity index (χ2v) is 4.78. The molecule has 0 aromatic heterocycles. The Labute approximate surface area is 108 Å². The standard InChI is InChI=1S/C12H23ClN2O2/c1-3-4-5-6-7-8-9-14-12(17)15-11(16)10(2)13/h10H,3-9H2,1-2H3,(H2,14,15,16,17). The molecule has 5 heteroatoms. The molecule has 0 radical (unpaired) electrons. The smallest absolute Gasteiger partial charge is 0.321 e. The van der Waals surface area contributed by atoms with Crippen LogP contribution in [0.15, 0.2) is 0 Å². The van der Waals surface area contributed by atoms with E-state index < -0.39 is 17.3 Å². The average molecular weight is 263 g/mol. The predicted octanol–water partition coefficient (Wildman–Crippen LogP) is 2.80. The highest BCUT2D eigenvalue weighted by molar-refractivity contribution is 6.31. The normalized spacial score (nSPS) is 11.9. The molecule has 0 aromatic carbocycles. The SMILES string of the molecule is CCCCCCCCNC(=O)NC(=O)C(C)Cl. The summed E-state index contributed by atoms with van der Waals surface area (Å²) in [6.45, 7) is 4.31. The Hall–Kier alpha value is -0.770. The van der Waals surface area contributed by atoms with Crippen molar-refractivity contribution in [3.63, 3.8) is 0 Å². The monoisotopic (exact) mass is 262 g/mol. The number of urea groups is 1. The van der Waals surface area contributed by atoms with Crippen LogP contribution in [-0.2, 0) is 4.79 Å². The van der Waals surface area contributed by atoms with Crippen molar-refractivity contribution in [3.8, 4) is 0 Å². The van der Waals surface area contributed by atoms with E-state index in [1.54, 1.807) is 0 Å². The highest BCUT2D eigenvalue weighted by atomic mass is 35.5. The van der Waals surface area contributed by atoms with Gasteiger partial charge in [-0.1, -0.05) is 39.0 Å². The van der Waals surface area contributed by atoms with Gasteiger partial charge in [-0.25, -0.2) is 4.79 Å². The van der Waals surface area contributed by atoms with E-state index in [0.29, 0.717) is 6.54 Å². The van der Waals surface area contributed by atoms with Gasteiger partial charge < -0.3 is 5.32 Å². The molecule has 0 saturated carbocycles. The van der Waals surface area contributed by atoms with Gasteiger partial charge in [-0.05, 0) is 13.3 Å². The van der Waals surface area contributed by atoms with Gasteiger partial charge in [-0.3, -0.25) is 10.1 Å². The first-order valence-electron chi connectivity index (χ1n) is 6.30. The van der Waals surface area contributed by atoms with Crippen LogP contribution in [0.5, 0.6) is 0 Å². The van der Waals surface area contributed by atoms with E-state index >= 15 is 0 Å². The minimum atomic E-state index is -0.685. The number of alkyl halides is 1. The summed E-state index contributed by atoms with van der Waals surface area (Å²) in [5.74, 6) is -0.466. The minimum absolute atomic E-state index is 0.462. The van der Waals surface area contributed by atoms with E-state index in [-0.39, 0.29) is 0 Å². The van der Waals surface area contributed by atoms with Gasteiger partial charge in [-0.2, -0.15) is 0 Å². The van der Waals surface area contributed by atoms with Crippen molar-refractivity contribution in [2.45, 2.75) is 57.7 Å². The van der Waals surface area contributed by atoms with Crippen molar-refractivity contribution in [3.05, 3.63) is 0 Å². The van der Waals surface area contributed by atoms with Gasteiger partial charge in [0.25, 0.3) is 0 Å². The minimum Gasteiger partial charge on any atom is -0.338 e. The van der Waals surface area contributed by atoms with Crippen LogP contribution in [0.1, 0.15) is 52.4 Å². The van der Waals surface area contributed by atoms with Crippen molar-refractivity contribution in [1.82, 2.24) is 10.6 Å². The molecule has 100 valence electrons. The summed E-state index contributed by atoms with van der Waals surface area (Å²) in [4.78, 5) is 22.2. The van der Waals surface area contributed by atoms with E-state index in [2.05, 4.69) is 17.6 Å². The lowest BCUT2D eigenvalue weighted by Gasteiger charge is -2.07. The number of rotatable bonds is 8. The van der Waals surface area contributed by atoms with Gasteiger partial charge in [0.15, 0.2) is 0 Å². The van der Waals surface area contributed by atoms with Crippen molar-refractivity contribution < 1.29 is 9.59 Å². The van der Waals surface area contributed by atoms with Crippen LogP contribution in [0, 0.1) is 0 Å². The summed E-state index contributed by atoms with van der Waals surface area (Å²) in [5.41, 5.74) is 0. The molecule has 3 amide bonds. The summed E-state index contributed by atoms with van der Waals surface area (Å²) in [6.07, 6.45) is 7.02. The van der Waals surface area contributed by atoms with Crippen LogP contribution in [0.3, 0.4) is 0 Å². The van der Waals surface area contributed by atoms with Crippen LogP contribution in [0.25, 0.3) is 0 Å². The van der Waals surface area contributed by atoms with E-state index in [1.807, 2.05) is 0 Å². The Kier molecular flexibility index (Phi) is 9.92. The molecule has 1 atom stereocenters. The van der Waals surface area contributed by atoms with Crippen LogP contribution >= 0.6 is 11.6 Å². The summed E-state index contributed by atoms with van der Waals surface area (Å²) in [7, 11) is 0. The zero-order chi connectivity index (χ0) is 13.1. The maximum absolute atomic E-state index is 11.2. The van der Waals surface area contributed by atoms with E-state index in [9.17, 15) is 9.59 Å². The Morgan fingerprint density at radius 3 is 2.29 bits per heavy atom. The number of nitrogens with one attached hydrogen (secondary N) is 2. The molecule has 1 unspecified atom stereocenters. The molecular weight excluding hydrogens is 240 g/mol. The molecule has 0 aliphatic heterocycles. The van der Waals surface area contributed by atoms with E-state index in [0.717, 1.165) is 12.8 Å². The molecule has 17 heavy (non-hydrogen) atoms. The first-order chi connectivity index (χ1) is 8.07. The lowest BCUT2D eigenvalue weighted by molar-refractivity contribution is -0.119. The fourth-order valence-corrected chi connectivity index (χ4v) is 1.42. The van der Waals surface area contributed by atoms with Crippen molar-refractivity contribution >= 4 is 23.5 Å². The summed E-state index contributed by atoms with van der Waals surface area (Å²) in [6, 6.07) is -0.462. The van der Waals surface area contributed by atoms with E-state index in [1.165, 1.54) is 32.6 Å². The third kappa shape index (κ3) is 10.1. The molecule has 0 bridgehead atoms. The van der Waals surface area contributed by atoms with Crippen molar-refractivity contribution in [2.75, 3.05) is 6.54 Å². The highest BCUT2D eigenvalue weighted by Gasteiger charge is 2.11. The second-order valence-electron chi connectivity index (χ2n) is 4.13. The van der Waals surface area contributed by atoms with Crippen LogP contribution in [0.2, 0.25) is 0 Å². The molecule has 0 aromatic rings. The first kappa shape index (κ1) is 16.2. The molecule has 0 rings (SSSR count). The number of unbranched alkanes of at least 4 members (excludes halogenated alkanes) is 5. The number of halogens is 1. The zero-order valence-electron chi connectivity index (χ0n) is 10.7. The molecular formula is C12H23ClN2O2. The maximum atomic E-state index is 11.2. The quantitative estimate of drug-likeness (QED) is 0.522. The Bertz CT molecular complexity index is 233. The number of hydrogen-bond acceptors (Lipinski definition) is 2. The second kappa shape index (κ2) is 10.4. The fraction of sp³-hybridized carbons (Fsp3) is 0.833. The van der Waals surface area contributed by atoms with Gasteiger partial charge in [0.2, 0.25) is 5.91 Å². The fourth-order valence-electron chi connectivity index (χ4n) is 1.36. The molecule has 0 heterocycles. The number of carbonyl (C=O) groups excluding carboxylic acids is 2.